The lowest BCUT2D eigenvalue weighted by molar-refractivity contribution is 0.0782. The van der Waals surface area contributed by atoms with Gasteiger partial charge in [-0.3, -0.25) is 4.98 Å². The van der Waals surface area contributed by atoms with Gasteiger partial charge in [0, 0.05) is 48.9 Å². The van der Waals surface area contributed by atoms with Crippen molar-refractivity contribution in [2.45, 2.75) is 63.9 Å². The fourth-order valence-corrected chi connectivity index (χ4v) is 7.10. The first kappa shape index (κ1) is 26.9. The zero-order valence-electron chi connectivity index (χ0n) is 24.7. The summed E-state index contributed by atoms with van der Waals surface area (Å²) in [5.74, 6) is 1.65. The summed E-state index contributed by atoms with van der Waals surface area (Å²) in [7, 11) is 0. The topological polar surface area (TPSA) is 56.9 Å². The smallest absolute Gasteiger partial charge is 0.187 e. The van der Waals surface area contributed by atoms with Crippen LogP contribution in [0.1, 0.15) is 69.4 Å². The number of piperidine rings is 2. The molecule has 0 bridgehead atoms. The highest BCUT2D eigenvalue weighted by molar-refractivity contribution is 5.98. The summed E-state index contributed by atoms with van der Waals surface area (Å²) < 4.78 is 0. The SMILES string of the molecule is [C-]#[N+]c1ccc(-c2cccc3c(C4CC4)c(N4CCC5(CCN(c6ccc(C(C)(C)O)cn6)CC5)CC4)cnc23)cc1. The zero-order valence-corrected chi connectivity index (χ0v) is 24.7. The number of rotatable bonds is 5. The summed E-state index contributed by atoms with van der Waals surface area (Å²) in [6, 6.07) is 18.6. The Morgan fingerprint density at radius 3 is 2.14 bits per heavy atom. The monoisotopic (exact) mass is 557 g/mol. The van der Waals surface area contributed by atoms with Gasteiger partial charge in [-0.2, -0.15) is 0 Å². The van der Waals surface area contributed by atoms with Crippen molar-refractivity contribution in [3.63, 3.8) is 0 Å². The minimum Gasteiger partial charge on any atom is -0.386 e. The standard InChI is InChI=1S/C36H39N5O/c1-35(2,42)27-11-14-32(38-23-27)41-21-17-36(18-22-41)15-19-40(20-16-36)31-24-39-34-29(25-9-12-28(37-3)13-10-25)5-4-6-30(34)33(31)26-7-8-26/h4-6,9-14,23-24,26,42H,7-8,15-22H2,1-2H3. The molecular weight excluding hydrogens is 518 g/mol. The Kier molecular flexibility index (Phi) is 6.66. The van der Waals surface area contributed by atoms with Crippen LogP contribution in [0.5, 0.6) is 0 Å². The molecule has 0 radical (unpaired) electrons. The van der Waals surface area contributed by atoms with E-state index in [0.717, 1.165) is 54.2 Å². The van der Waals surface area contributed by atoms with E-state index in [1.807, 2.05) is 36.5 Å². The van der Waals surface area contributed by atoms with Crippen molar-refractivity contribution in [3.05, 3.63) is 89.5 Å². The number of para-hydroxylation sites is 1. The Morgan fingerprint density at radius 2 is 1.55 bits per heavy atom. The Labute approximate surface area is 248 Å². The number of hydrogen-bond acceptors (Lipinski definition) is 5. The van der Waals surface area contributed by atoms with Gasteiger partial charge in [0.05, 0.1) is 29.6 Å². The number of fused-ring (bicyclic) bond motifs is 1. The lowest BCUT2D eigenvalue weighted by Gasteiger charge is -2.48. The van der Waals surface area contributed by atoms with Crippen LogP contribution in [-0.4, -0.2) is 41.3 Å². The molecule has 1 N–H and O–H groups in total. The summed E-state index contributed by atoms with van der Waals surface area (Å²) in [6.07, 6.45) is 11.3. The van der Waals surface area contributed by atoms with Crippen molar-refractivity contribution >= 4 is 28.1 Å². The molecule has 4 heterocycles. The van der Waals surface area contributed by atoms with E-state index in [2.05, 4.69) is 50.1 Å². The number of pyridine rings is 2. The van der Waals surface area contributed by atoms with Crippen molar-refractivity contribution in [2.24, 2.45) is 5.41 Å². The second-order valence-corrected chi connectivity index (χ2v) is 13.1. The van der Waals surface area contributed by atoms with Crippen LogP contribution in [0, 0.1) is 12.0 Å². The van der Waals surface area contributed by atoms with Gasteiger partial charge in [-0.1, -0.05) is 48.5 Å². The Hall–Kier alpha value is -3.95. The summed E-state index contributed by atoms with van der Waals surface area (Å²) in [6.45, 7) is 15.1. The van der Waals surface area contributed by atoms with Gasteiger partial charge in [-0.15, -0.1) is 0 Å². The fraction of sp³-hybridized carbons (Fsp3) is 0.417. The van der Waals surface area contributed by atoms with Gasteiger partial charge in [0.1, 0.15) is 5.82 Å². The van der Waals surface area contributed by atoms with Gasteiger partial charge < -0.3 is 14.9 Å². The average molecular weight is 558 g/mol. The van der Waals surface area contributed by atoms with Gasteiger partial charge >= 0.3 is 0 Å². The van der Waals surface area contributed by atoms with Crippen LogP contribution in [0.15, 0.2) is 67.0 Å². The largest absolute Gasteiger partial charge is 0.386 e. The van der Waals surface area contributed by atoms with E-state index in [1.165, 1.54) is 55.2 Å². The van der Waals surface area contributed by atoms with Gasteiger partial charge in [0.2, 0.25) is 0 Å². The predicted molar refractivity (Wildman–Crippen MR) is 170 cm³/mol. The molecule has 2 aliphatic heterocycles. The van der Waals surface area contributed by atoms with E-state index in [4.69, 9.17) is 11.6 Å². The number of nitrogens with zero attached hydrogens (tertiary/aromatic N) is 5. The molecule has 3 fully saturated rings. The predicted octanol–water partition coefficient (Wildman–Crippen LogP) is 7.84. The van der Waals surface area contributed by atoms with Crippen LogP contribution >= 0.6 is 0 Å². The highest BCUT2D eigenvalue weighted by Gasteiger charge is 2.39. The summed E-state index contributed by atoms with van der Waals surface area (Å²) >= 11 is 0. The van der Waals surface area contributed by atoms with Gasteiger partial charge in [-0.05, 0) is 80.9 Å². The van der Waals surface area contributed by atoms with E-state index in [9.17, 15) is 5.11 Å². The van der Waals surface area contributed by atoms with E-state index in [-0.39, 0.29) is 0 Å². The Bertz CT molecular complexity index is 1630. The molecule has 2 aromatic heterocycles. The molecular formula is C36H39N5O. The molecule has 3 aliphatic rings. The van der Waals surface area contributed by atoms with Crippen molar-refractivity contribution in [3.8, 4) is 11.1 Å². The molecule has 2 aromatic carbocycles. The maximum Gasteiger partial charge on any atom is 0.187 e. The molecule has 214 valence electrons. The molecule has 0 unspecified atom stereocenters. The van der Waals surface area contributed by atoms with Crippen LogP contribution in [0.2, 0.25) is 0 Å². The zero-order chi connectivity index (χ0) is 28.9. The number of anilines is 2. The maximum absolute atomic E-state index is 10.3. The van der Waals surface area contributed by atoms with Crippen LogP contribution in [0.4, 0.5) is 17.2 Å². The third-order valence-corrected chi connectivity index (χ3v) is 9.98. The highest BCUT2D eigenvalue weighted by atomic mass is 16.3. The fourth-order valence-electron chi connectivity index (χ4n) is 7.10. The average Bonchev–Trinajstić information content (AvgIpc) is 3.86. The summed E-state index contributed by atoms with van der Waals surface area (Å²) in [4.78, 5) is 18.3. The number of aromatic nitrogens is 2. The number of aliphatic hydroxyl groups is 1. The molecule has 0 atom stereocenters. The van der Waals surface area contributed by atoms with Gasteiger partial charge in [-0.25, -0.2) is 9.83 Å². The highest BCUT2D eigenvalue weighted by Crippen LogP contribution is 2.50. The first-order valence-electron chi connectivity index (χ1n) is 15.4. The molecule has 42 heavy (non-hydrogen) atoms. The molecule has 1 spiro atoms. The van der Waals surface area contributed by atoms with Gasteiger partial charge in [0.25, 0.3) is 0 Å². The number of benzene rings is 2. The lowest BCUT2D eigenvalue weighted by Crippen LogP contribution is -2.47. The molecule has 1 aliphatic carbocycles. The third kappa shape index (κ3) is 5.01. The second kappa shape index (κ2) is 10.4. The summed E-state index contributed by atoms with van der Waals surface area (Å²) in [5, 5.41) is 11.6. The van der Waals surface area contributed by atoms with Crippen molar-refractivity contribution in [2.75, 3.05) is 36.0 Å². The van der Waals surface area contributed by atoms with E-state index < -0.39 is 5.60 Å². The normalized spacial score (nSPS) is 18.8. The van der Waals surface area contributed by atoms with E-state index >= 15 is 0 Å². The van der Waals surface area contributed by atoms with Crippen LogP contribution in [0.25, 0.3) is 26.9 Å². The second-order valence-electron chi connectivity index (χ2n) is 13.1. The van der Waals surface area contributed by atoms with E-state index in [1.54, 1.807) is 13.8 Å². The molecule has 4 aromatic rings. The van der Waals surface area contributed by atoms with Crippen LogP contribution < -0.4 is 9.80 Å². The Balaban J connectivity index is 1.08. The number of hydrogen-bond donors (Lipinski definition) is 1. The first-order chi connectivity index (χ1) is 20.3. The minimum atomic E-state index is -0.862. The molecule has 0 amide bonds. The van der Waals surface area contributed by atoms with Crippen molar-refractivity contribution in [1.29, 1.82) is 0 Å². The quantitative estimate of drug-likeness (QED) is 0.253. The maximum atomic E-state index is 10.3. The third-order valence-electron chi connectivity index (χ3n) is 9.98. The van der Waals surface area contributed by atoms with Gasteiger partial charge in [0.15, 0.2) is 5.69 Å². The molecule has 2 saturated heterocycles. The van der Waals surface area contributed by atoms with Crippen molar-refractivity contribution < 1.29 is 5.11 Å². The van der Waals surface area contributed by atoms with E-state index in [0.29, 0.717) is 17.0 Å². The van der Waals surface area contributed by atoms with Crippen molar-refractivity contribution in [1.82, 2.24) is 9.97 Å². The van der Waals surface area contributed by atoms with Crippen LogP contribution in [0.3, 0.4) is 0 Å². The first-order valence-corrected chi connectivity index (χ1v) is 15.4. The van der Waals surface area contributed by atoms with Crippen LogP contribution in [-0.2, 0) is 5.60 Å². The minimum absolute atomic E-state index is 0.411. The molecule has 6 nitrogen and oxygen atoms in total. The molecule has 1 saturated carbocycles. The lowest BCUT2D eigenvalue weighted by atomic mass is 9.71. The summed E-state index contributed by atoms with van der Waals surface area (Å²) in [5.41, 5.74) is 7.24. The Morgan fingerprint density at radius 1 is 0.857 bits per heavy atom. The molecule has 6 heteroatoms. The molecule has 7 rings (SSSR count).